The van der Waals surface area contributed by atoms with Gasteiger partial charge < -0.3 is 24.4 Å². The SMILES string of the molecule is COc1ccc(OC)c(-c2cc(Cl)c3c(c2)C[C@@H](CNC(=O)[C@H]2CCCN(C)C2)O3)c1. The molecule has 2 aliphatic heterocycles. The van der Waals surface area contributed by atoms with Crippen molar-refractivity contribution in [2.24, 2.45) is 5.92 Å². The van der Waals surface area contributed by atoms with Gasteiger partial charge in [-0.05, 0) is 62.3 Å². The first-order valence-electron chi connectivity index (χ1n) is 10.7. The fourth-order valence-corrected chi connectivity index (χ4v) is 4.72. The van der Waals surface area contributed by atoms with Gasteiger partial charge in [-0.15, -0.1) is 0 Å². The molecule has 2 atom stereocenters. The van der Waals surface area contributed by atoms with E-state index in [0.717, 1.165) is 54.1 Å². The number of piperidine rings is 1. The molecule has 4 rings (SSSR count). The molecule has 0 aromatic heterocycles. The quantitative estimate of drug-likeness (QED) is 0.734. The van der Waals surface area contributed by atoms with Crippen LogP contribution in [0, 0.1) is 5.92 Å². The molecule has 6 nitrogen and oxygen atoms in total. The number of rotatable bonds is 6. The van der Waals surface area contributed by atoms with Gasteiger partial charge in [-0.25, -0.2) is 0 Å². The molecule has 0 radical (unpaired) electrons. The number of amides is 1. The molecule has 1 amide bonds. The fourth-order valence-electron chi connectivity index (χ4n) is 4.44. The van der Waals surface area contributed by atoms with Crippen LogP contribution in [-0.4, -0.2) is 57.8 Å². The molecule has 2 aromatic rings. The van der Waals surface area contributed by atoms with Crippen LogP contribution in [0.1, 0.15) is 18.4 Å². The summed E-state index contributed by atoms with van der Waals surface area (Å²) in [6.45, 7) is 2.35. The first-order valence-corrected chi connectivity index (χ1v) is 11.0. The lowest BCUT2D eigenvalue weighted by atomic mass is 9.97. The van der Waals surface area contributed by atoms with E-state index >= 15 is 0 Å². The molecular formula is C24H29ClN2O4. The van der Waals surface area contributed by atoms with Crippen molar-refractivity contribution < 1.29 is 19.0 Å². The Morgan fingerprint density at radius 2 is 2.10 bits per heavy atom. The van der Waals surface area contributed by atoms with E-state index in [9.17, 15) is 4.79 Å². The van der Waals surface area contributed by atoms with Crippen LogP contribution in [-0.2, 0) is 11.2 Å². The van der Waals surface area contributed by atoms with Crippen LogP contribution in [0.2, 0.25) is 5.02 Å². The van der Waals surface area contributed by atoms with E-state index in [0.29, 0.717) is 23.7 Å². The standard InChI is InChI=1S/C24H29ClN2O4/c1-27-8-4-5-15(14-27)24(28)26-13-19-10-17-9-16(11-21(25)23(17)31-19)20-12-18(29-2)6-7-22(20)30-3/h6-7,9,11-12,15,19H,4-5,8,10,13-14H2,1-3H3,(H,26,28)/t15-,19-/m0/s1. The van der Waals surface area contributed by atoms with Crippen molar-refractivity contribution >= 4 is 17.5 Å². The molecule has 0 unspecified atom stereocenters. The van der Waals surface area contributed by atoms with Crippen molar-refractivity contribution in [2.75, 3.05) is 40.9 Å². The second-order valence-electron chi connectivity index (χ2n) is 8.30. The minimum Gasteiger partial charge on any atom is -0.497 e. The molecule has 0 saturated carbocycles. The number of carbonyl (C=O) groups is 1. The fraction of sp³-hybridized carbons (Fsp3) is 0.458. The molecule has 1 fully saturated rings. The first-order chi connectivity index (χ1) is 15.0. The van der Waals surface area contributed by atoms with Gasteiger partial charge in [0.25, 0.3) is 0 Å². The minimum absolute atomic E-state index is 0.0539. The number of hydrogen-bond donors (Lipinski definition) is 1. The summed E-state index contributed by atoms with van der Waals surface area (Å²) in [6, 6.07) is 9.65. The van der Waals surface area contributed by atoms with Gasteiger partial charge >= 0.3 is 0 Å². The van der Waals surface area contributed by atoms with Crippen molar-refractivity contribution in [1.29, 1.82) is 0 Å². The van der Waals surface area contributed by atoms with Crippen LogP contribution in [0.3, 0.4) is 0 Å². The topological polar surface area (TPSA) is 60.0 Å². The normalized spacial score (nSPS) is 20.6. The second kappa shape index (κ2) is 9.37. The van der Waals surface area contributed by atoms with Crippen molar-refractivity contribution in [2.45, 2.75) is 25.4 Å². The number of carbonyl (C=O) groups excluding carboxylic acids is 1. The van der Waals surface area contributed by atoms with Crippen LogP contribution < -0.4 is 19.5 Å². The number of likely N-dealkylation sites (tertiary alicyclic amines) is 1. The summed E-state index contributed by atoms with van der Waals surface area (Å²) >= 11 is 6.57. The Kier molecular flexibility index (Phi) is 6.58. The summed E-state index contributed by atoms with van der Waals surface area (Å²) in [7, 11) is 5.35. The number of nitrogens with zero attached hydrogens (tertiary/aromatic N) is 1. The predicted molar refractivity (Wildman–Crippen MR) is 121 cm³/mol. The van der Waals surface area contributed by atoms with Crippen LogP contribution >= 0.6 is 11.6 Å². The maximum atomic E-state index is 12.6. The first kappa shape index (κ1) is 21.8. The lowest BCUT2D eigenvalue weighted by Crippen LogP contribution is -2.44. The number of methoxy groups -OCH3 is 2. The number of ether oxygens (including phenoxy) is 3. The molecular weight excluding hydrogens is 416 g/mol. The average molecular weight is 445 g/mol. The summed E-state index contributed by atoms with van der Waals surface area (Å²) in [5, 5.41) is 3.63. The van der Waals surface area contributed by atoms with E-state index in [-0.39, 0.29) is 17.9 Å². The highest BCUT2D eigenvalue weighted by Crippen LogP contribution is 2.42. The van der Waals surface area contributed by atoms with Gasteiger partial charge in [0.1, 0.15) is 23.4 Å². The van der Waals surface area contributed by atoms with Crippen LogP contribution in [0.15, 0.2) is 30.3 Å². The molecule has 31 heavy (non-hydrogen) atoms. The Morgan fingerprint density at radius 3 is 2.84 bits per heavy atom. The highest BCUT2D eigenvalue weighted by Gasteiger charge is 2.29. The highest BCUT2D eigenvalue weighted by molar-refractivity contribution is 6.32. The van der Waals surface area contributed by atoms with Crippen LogP contribution in [0.5, 0.6) is 17.2 Å². The lowest BCUT2D eigenvalue weighted by molar-refractivity contribution is -0.126. The Balaban J connectivity index is 1.46. The number of benzene rings is 2. The molecule has 0 aliphatic carbocycles. The van der Waals surface area contributed by atoms with E-state index in [4.69, 9.17) is 25.8 Å². The Labute approximate surface area is 188 Å². The van der Waals surface area contributed by atoms with Crippen LogP contribution in [0.25, 0.3) is 11.1 Å². The third kappa shape index (κ3) is 4.75. The van der Waals surface area contributed by atoms with Crippen LogP contribution in [0.4, 0.5) is 0 Å². The van der Waals surface area contributed by atoms with E-state index in [1.54, 1.807) is 14.2 Å². The zero-order valence-electron chi connectivity index (χ0n) is 18.2. The van der Waals surface area contributed by atoms with Gasteiger partial charge in [-0.3, -0.25) is 4.79 Å². The van der Waals surface area contributed by atoms with Gasteiger partial charge in [-0.1, -0.05) is 11.6 Å². The third-order valence-electron chi connectivity index (χ3n) is 6.07. The number of nitrogens with one attached hydrogen (secondary N) is 1. The number of fused-ring (bicyclic) bond motifs is 1. The minimum atomic E-state index is -0.125. The molecule has 1 saturated heterocycles. The van der Waals surface area contributed by atoms with E-state index < -0.39 is 0 Å². The van der Waals surface area contributed by atoms with Gasteiger partial charge in [0.2, 0.25) is 5.91 Å². The Hall–Kier alpha value is -2.44. The van der Waals surface area contributed by atoms with Crippen molar-refractivity contribution in [1.82, 2.24) is 10.2 Å². The van der Waals surface area contributed by atoms with E-state index in [1.165, 1.54) is 0 Å². The van der Waals surface area contributed by atoms with Gasteiger partial charge in [0.15, 0.2) is 0 Å². The molecule has 2 aromatic carbocycles. The van der Waals surface area contributed by atoms with Crippen molar-refractivity contribution in [3.63, 3.8) is 0 Å². The summed E-state index contributed by atoms with van der Waals surface area (Å²) in [5.41, 5.74) is 2.88. The molecule has 2 heterocycles. The molecule has 166 valence electrons. The number of halogens is 1. The van der Waals surface area contributed by atoms with Crippen molar-refractivity contribution in [3.8, 4) is 28.4 Å². The van der Waals surface area contributed by atoms with E-state index in [2.05, 4.69) is 23.3 Å². The molecule has 1 N–H and O–H groups in total. The van der Waals surface area contributed by atoms with Gasteiger partial charge in [0.05, 0.1) is 31.7 Å². The highest BCUT2D eigenvalue weighted by atomic mass is 35.5. The largest absolute Gasteiger partial charge is 0.497 e. The molecule has 7 heteroatoms. The molecule has 0 spiro atoms. The monoisotopic (exact) mass is 444 g/mol. The lowest BCUT2D eigenvalue weighted by Gasteiger charge is -2.29. The smallest absolute Gasteiger partial charge is 0.224 e. The summed E-state index contributed by atoms with van der Waals surface area (Å²) < 4.78 is 17.0. The summed E-state index contributed by atoms with van der Waals surface area (Å²) in [4.78, 5) is 14.8. The Bertz CT molecular complexity index is 965. The molecule has 2 aliphatic rings. The summed E-state index contributed by atoms with van der Waals surface area (Å²) in [6.07, 6.45) is 2.58. The van der Waals surface area contributed by atoms with Gasteiger partial charge in [-0.2, -0.15) is 0 Å². The maximum Gasteiger partial charge on any atom is 0.224 e. The molecule has 0 bridgehead atoms. The average Bonchev–Trinajstić information content (AvgIpc) is 3.20. The zero-order chi connectivity index (χ0) is 22.0. The maximum absolute atomic E-state index is 12.6. The van der Waals surface area contributed by atoms with Crippen molar-refractivity contribution in [3.05, 3.63) is 40.9 Å². The Morgan fingerprint density at radius 1 is 1.26 bits per heavy atom. The third-order valence-corrected chi connectivity index (χ3v) is 6.35. The second-order valence-corrected chi connectivity index (χ2v) is 8.71. The summed E-state index contributed by atoms with van der Waals surface area (Å²) in [5.74, 6) is 2.36. The number of hydrogen-bond acceptors (Lipinski definition) is 5. The predicted octanol–water partition coefficient (Wildman–Crippen LogP) is 3.79. The van der Waals surface area contributed by atoms with E-state index in [1.807, 2.05) is 24.3 Å². The zero-order valence-corrected chi connectivity index (χ0v) is 19.0. The van der Waals surface area contributed by atoms with Gasteiger partial charge in [0, 0.05) is 24.1 Å².